The number of nitrogens with zero attached hydrogens (tertiary/aromatic N) is 6. The largest absolute Gasteiger partial charge is 0.457 e. The van der Waals surface area contributed by atoms with Gasteiger partial charge in [-0.15, -0.1) is 10.2 Å². The Bertz CT molecular complexity index is 2550. The number of aromatic nitrogens is 6. The highest BCUT2D eigenvalue weighted by molar-refractivity contribution is 6.09. The Hall–Kier alpha value is -6.41. The van der Waals surface area contributed by atoms with Crippen LogP contribution in [0.4, 0.5) is 0 Å². The van der Waals surface area contributed by atoms with Crippen LogP contribution in [0.15, 0.2) is 116 Å². The van der Waals surface area contributed by atoms with Gasteiger partial charge < -0.3 is 9.47 Å². The van der Waals surface area contributed by atoms with Crippen molar-refractivity contribution in [1.82, 2.24) is 29.7 Å². The second-order valence-corrected chi connectivity index (χ2v) is 15.6. The van der Waals surface area contributed by atoms with Crippen LogP contribution < -0.4 is 9.47 Å². The zero-order chi connectivity index (χ0) is 39.1. The van der Waals surface area contributed by atoms with E-state index in [1.165, 1.54) is 11.1 Å². The zero-order valence-corrected chi connectivity index (χ0v) is 33.2. The first-order valence-electron chi connectivity index (χ1n) is 19.3. The summed E-state index contributed by atoms with van der Waals surface area (Å²) < 4.78 is 15.4. The van der Waals surface area contributed by atoms with Crippen molar-refractivity contribution in [2.45, 2.75) is 73.1 Å². The minimum absolute atomic E-state index is 0.199. The maximum Gasteiger partial charge on any atom is 0.254 e. The molecule has 4 aromatic heterocycles. The second kappa shape index (κ2) is 15.0. The molecule has 0 fully saturated rings. The van der Waals surface area contributed by atoms with Crippen molar-refractivity contribution in [3.05, 3.63) is 144 Å². The van der Waals surface area contributed by atoms with E-state index in [2.05, 4.69) is 148 Å². The van der Waals surface area contributed by atoms with Crippen LogP contribution in [0.25, 0.3) is 50.3 Å². The summed E-state index contributed by atoms with van der Waals surface area (Å²) in [5.41, 5.74) is 11.1. The van der Waals surface area contributed by atoms with Gasteiger partial charge in [0.05, 0.1) is 34.3 Å². The summed E-state index contributed by atoms with van der Waals surface area (Å²) in [6, 6.07) is 33.3. The molecular formula is C48H46N6O2. The van der Waals surface area contributed by atoms with Gasteiger partial charge in [0.2, 0.25) is 0 Å². The summed E-state index contributed by atoms with van der Waals surface area (Å²) in [6.45, 7) is 17.1. The van der Waals surface area contributed by atoms with E-state index < -0.39 is 0 Å². The molecule has 8 aromatic rings. The first kappa shape index (κ1) is 36.6. The molecule has 0 bridgehead atoms. The monoisotopic (exact) mass is 738 g/mol. The Morgan fingerprint density at radius 1 is 0.482 bits per heavy atom. The number of benzene rings is 4. The predicted molar refractivity (Wildman–Crippen MR) is 225 cm³/mol. The normalized spacial score (nSPS) is 11.7. The minimum atomic E-state index is 0.199. The smallest absolute Gasteiger partial charge is 0.254 e. The fourth-order valence-electron chi connectivity index (χ4n) is 6.95. The average Bonchev–Trinajstić information content (AvgIpc) is 3.50. The van der Waals surface area contributed by atoms with Crippen molar-refractivity contribution in [2.24, 2.45) is 0 Å². The molecule has 0 amide bonds. The number of hydrogen-bond donors (Lipinski definition) is 0. The Labute approximate surface area is 328 Å². The zero-order valence-electron chi connectivity index (χ0n) is 33.2. The molecule has 0 aliphatic heterocycles. The van der Waals surface area contributed by atoms with Gasteiger partial charge in [-0.3, -0.25) is 14.5 Å². The molecule has 0 atom stereocenters. The van der Waals surface area contributed by atoms with Gasteiger partial charge in [-0.05, 0) is 139 Å². The molecule has 8 rings (SSSR count). The van der Waals surface area contributed by atoms with Crippen LogP contribution >= 0.6 is 0 Å². The van der Waals surface area contributed by atoms with Crippen molar-refractivity contribution < 1.29 is 9.47 Å². The average molecular weight is 739 g/mol. The van der Waals surface area contributed by atoms with Crippen LogP contribution in [0.2, 0.25) is 0 Å². The van der Waals surface area contributed by atoms with E-state index in [0.29, 0.717) is 29.3 Å². The van der Waals surface area contributed by atoms with Crippen LogP contribution in [0.5, 0.6) is 23.0 Å². The van der Waals surface area contributed by atoms with Crippen LogP contribution in [0.1, 0.15) is 87.2 Å². The fourth-order valence-corrected chi connectivity index (χ4v) is 6.95. The van der Waals surface area contributed by atoms with Crippen molar-refractivity contribution in [1.29, 1.82) is 0 Å². The molecule has 0 spiro atoms. The van der Waals surface area contributed by atoms with E-state index in [4.69, 9.17) is 14.5 Å². The molecule has 0 aliphatic rings. The maximum atomic E-state index is 6.67. The summed E-state index contributed by atoms with van der Waals surface area (Å²) in [5.74, 6) is 4.15. The van der Waals surface area contributed by atoms with E-state index in [-0.39, 0.29) is 5.92 Å². The lowest BCUT2D eigenvalue weighted by molar-refractivity contribution is 0.482. The predicted octanol–water partition coefficient (Wildman–Crippen LogP) is 12.7. The van der Waals surface area contributed by atoms with Crippen LogP contribution in [-0.4, -0.2) is 29.7 Å². The minimum Gasteiger partial charge on any atom is -0.457 e. The van der Waals surface area contributed by atoms with Crippen LogP contribution in [-0.2, 0) is 0 Å². The lowest BCUT2D eigenvalue weighted by atomic mass is 9.98. The Kier molecular flexibility index (Phi) is 9.81. The summed E-state index contributed by atoms with van der Waals surface area (Å²) in [5, 5.41) is 11.3. The Morgan fingerprint density at radius 2 is 0.982 bits per heavy atom. The molecule has 8 nitrogen and oxygen atoms in total. The van der Waals surface area contributed by atoms with Gasteiger partial charge in [0, 0.05) is 46.4 Å². The number of fused-ring (bicyclic) bond motifs is 3. The molecule has 0 unspecified atom stereocenters. The molecular weight excluding hydrogens is 693 g/mol. The van der Waals surface area contributed by atoms with E-state index in [1.807, 2.05) is 47.4 Å². The van der Waals surface area contributed by atoms with Crippen LogP contribution in [0, 0.1) is 13.8 Å². The highest BCUT2D eigenvalue weighted by Crippen LogP contribution is 2.39. The summed E-state index contributed by atoms with van der Waals surface area (Å²) >= 11 is 0. The Balaban J connectivity index is 1.23. The van der Waals surface area contributed by atoms with Crippen molar-refractivity contribution in [3.8, 4) is 51.5 Å². The van der Waals surface area contributed by atoms with Crippen molar-refractivity contribution in [3.63, 3.8) is 0 Å². The van der Waals surface area contributed by atoms with Gasteiger partial charge in [0.15, 0.2) is 0 Å². The molecule has 0 radical (unpaired) electrons. The van der Waals surface area contributed by atoms with Gasteiger partial charge in [-0.1, -0.05) is 41.5 Å². The van der Waals surface area contributed by atoms with Gasteiger partial charge in [-0.25, -0.2) is 4.98 Å². The molecule has 56 heavy (non-hydrogen) atoms. The first-order chi connectivity index (χ1) is 27.0. The lowest BCUT2D eigenvalue weighted by Crippen LogP contribution is -2.05. The molecule has 0 saturated carbocycles. The molecule has 280 valence electrons. The van der Waals surface area contributed by atoms with Gasteiger partial charge in [-0.2, -0.15) is 0 Å². The van der Waals surface area contributed by atoms with E-state index in [9.17, 15) is 0 Å². The number of pyridine rings is 2. The third-order valence-electron chi connectivity index (χ3n) is 10.2. The van der Waals surface area contributed by atoms with Gasteiger partial charge in [0.1, 0.15) is 23.0 Å². The van der Waals surface area contributed by atoms with Crippen molar-refractivity contribution >= 4 is 21.8 Å². The Morgan fingerprint density at radius 3 is 1.39 bits per heavy atom. The van der Waals surface area contributed by atoms with Gasteiger partial charge >= 0.3 is 0 Å². The third kappa shape index (κ3) is 7.47. The highest BCUT2D eigenvalue weighted by Gasteiger charge is 2.19. The molecule has 4 heterocycles. The molecule has 8 heteroatoms. The molecule has 0 aliphatic carbocycles. The summed E-state index contributed by atoms with van der Waals surface area (Å²) in [6.07, 6.45) is 5.51. The number of hydrogen-bond acceptors (Lipinski definition) is 7. The SMILES string of the molecule is Cc1ccnc(-c2cc(Oc3ccc4c5ccc(Oc6cc(-c7cc(C)ccn7)cc(C(C)C)c6)cc5n(-c5ncc(C(C)C)nn5)c4c3)cc(C(C)C)c2)c1. The quantitative estimate of drug-likeness (QED) is 0.138. The first-order valence-corrected chi connectivity index (χ1v) is 19.3. The van der Waals surface area contributed by atoms with Gasteiger partial charge in [0.25, 0.3) is 5.95 Å². The number of aryl methyl sites for hydroxylation is 2. The van der Waals surface area contributed by atoms with Crippen LogP contribution in [0.3, 0.4) is 0 Å². The number of rotatable bonds is 10. The summed E-state index contributed by atoms with van der Waals surface area (Å²) in [4.78, 5) is 14.2. The number of ether oxygens (including phenoxy) is 2. The lowest BCUT2D eigenvalue weighted by Gasteiger charge is -2.14. The van der Waals surface area contributed by atoms with E-state index in [1.54, 1.807) is 0 Å². The molecule has 4 aromatic carbocycles. The standard InChI is InChI=1S/C48H46N6O2/c1-28(2)33-19-35(43-17-31(7)13-15-49-43)23-39(21-33)55-37-9-11-41-42-12-10-38(26-47(42)54(46(41)25-37)48-51-27-45(30(5)6)52-53-48)56-40-22-34(29(3)4)20-36(24-40)44-18-32(8)14-16-50-44/h9-30H,1-8H3. The summed E-state index contributed by atoms with van der Waals surface area (Å²) in [7, 11) is 0. The highest BCUT2D eigenvalue weighted by atomic mass is 16.5. The maximum absolute atomic E-state index is 6.67. The third-order valence-corrected chi connectivity index (χ3v) is 10.2. The molecule has 0 saturated heterocycles. The van der Waals surface area contributed by atoms with E-state index in [0.717, 1.165) is 72.6 Å². The topological polar surface area (TPSA) is 87.8 Å². The van der Waals surface area contributed by atoms with E-state index >= 15 is 0 Å². The fraction of sp³-hybridized carbons (Fsp3) is 0.229. The van der Waals surface area contributed by atoms with Crippen molar-refractivity contribution in [2.75, 3.05) is 0 Å². The molecule has 0 N–H and O–H groups in total. The second-order valence-electron chi connectivity index (χ2n) is 15.6.